The Kier molecular flexibility index (Phi) is 6.88. The quantitative estimate of drug-likeness (QED) is 0.782. The van der Waals surface area contributed by atoms with Gasteiger partial charge >= 0.3 is 0 Å². The van der Waals surface area contributed by atoms with Crippen molar-refractivity contribution in [1.29, 1.82) is 0 Å². The summed E-state index contributed by atoms with van der Waals surface area (Å²) in [5, 5.41) is 12.3. The van der Waals surface area contributed by atoms with E-state index in [9.17, 15) is 14.3 Å². The first-order chi connectivity index (χ1) is 11.6. The van der Waals surface area contributed by atoms with Crippen molar-refractivity contribution in [2.75, 3.05) is 13.2 Å². The van der Waals surface area contributed by atoms with Crippen LogP contribution in [-0.4, -0.2) is 29.1 Å². The van der Waals surface area contributed by atoms with Gasteiger partial charge in [-0.15, -0.1) is 0 Å². The fraction of sp³-hybridized carbons (Fsp3) is 0.368. The van der Waals surface area contributed by atoms with E-state index < -0.39 is 0 Å². The maximum Gasteiger partial charge on any atom is 0.220 e. The Bertz CT molecular complexity index is 649. The van der Waals surface area contributed by atoms with Gasteiger partial charge in [-0.25, -0.2) is 4.39 Å². The molecular formula is C19H23FN2O2. The van der Waals surface area contributed by atoms with Crippen LogP contribution in [0.4, 0.5) is 4.39 Å². The highest BCUT2D eigenvalue weighted by Crippen LogP contribution is 2.21. The van der Waals surface area contributed by atoms with Gasteiger partial charge in [-0.3, -0.25) is 9.78 Å². The van der Waals surface area contributed by atoms with E-state index in [0.29, 0.717) is 18.5 Å². The molecule has 2 rings (SSSR count). The van der Waals surface area contributed by atoms with Gasteiger partial charge < -0.3 is 10.4 Å². The van der Waals surface area contributed by atoms with E-state index in [4.69, 9.17) is 0 Å². The normalized spacial score (nSPS) is 13.3. The number of aliphatic hydroxyl groups is 1. The van der Waals surface area contributed by atoms with Crippen LogP contribution in [0.2, 0.25) is 0 Å². The predicted molar refractivity (Wildman–Crippen MR) is 91.0 cm³/mol. The van der Waals surface area contributed by atoms with E-state index in [1.807, 2.05) is 25.1 Å². The molecule has 0 saturated heterocycles. The predicted octanol–water partition coefficient (Wildman–Crippen LogP) is 2.68. The van der Waals surface area contributed by atoms with Crippen LogP contribution < -0.4 is 5.32 Å². The molecule has 1 aromatic heterocycles. The minimum absolute atomic E-state index is 0.0281. The number of benzene rings is 1. The molecule has 1 amide bonds. The second kappa shape index (κ2) is 9.13. The van der Waals surface area contributed by atoms with Crippen LogP contribution in [0.5, 0.6) is 0 Å². The second-order valence-corrected chi connectivity index (χ2v) is 6.00. The highest BCUT2D eigenvalue weighted by molar-refractivity contribution is 5.76. The number of rotatable bonds is 8. The van der Waals surface area contributed by atoms with Crippen molar-refractivity contribution < 1.29 is 14.3 Å². The zero-order valence-corrected chi connectivity index (χ0v) is 13.8. The fourth-order valence-electron chi connectivity index (χ4n) is 2.61. The molecule has 128 valence electrons. The topological polar surface area (TPSA) is 62.2 Å². The summed E-state index contributed by atoms with van der Waals surface area (Å²) >= 11 is 0. The molecule has 5 heteroatoms. The van der Waals surface area contributed by atoms with Crippen molar-refractivity contribution >= 4 is 5.91 Å². The summed E-state index contributed by atoms with van der Waals surface area (Å²) in [5.41, 5.74) is 1.42. The number of hydrogen-bond donors (Lipinski definition) is 2. The second-order valence-electron chi connectivity index (χ2n) is 6.00. The van der Waals surface area contributed by atoms with Crippen molar-refractivity contribution in [2.45, 2.75) is 25.7 Å². The molecule has 0 aliphatic carbocycles. The van der Waals surface area contributed by atoms with Crippen molar-refractivity contribution in [3.05, 3.63) is 65.7 Å². The number of hydrogen-bond acceptors (Lipinski definition) is 3. The standard InChI is InChI=1S/C19H23FN2O2/c1-14(17-7-2-3-8-18(17)20)10-19(24)22-12-15(13-23)11-16-6-4-5-9-21-16/h2-9,14-15,23H,10-13H2,1H3,(H,22,24). The van der Waals surface area contributed by atoms with Crippen molar-refractivity contribution in [2.24, 2.45) is 5.92 Å². The summed E-state index contributed by atoms with van der Waals surface area (Å²) < 4.78 is 13.7. The van der Waals surface area contributed by atoms with Crippen molar-refractivity contribution in [3.8, 4) is 0 Å². The van der Waals surface area contributed by atoms with Gasteiger partial charge in [0, 0.05) is 37.4 Å². The molecule has 2 atom stereocenters. The monoisotopic (exact) mass is 330 g/mol. The zero-order chi connectivity index (χ0) is 17.4. The summed E-state index contributed by atoms with van der Waals surface area (Å²) in [6.45, 7) is 2.17. The Balaban J connectivity index is 1.82. The maximum absolute atomic E-state index is 13.7. The van der Waals surface area contributed by atoms with Crippen LogP contribution in [0.1, 0.15) is 30.5 Å². The third kappa shape index (κ3) is 5.42. The summed E-state index contributed by atoms with van der Waals surface area (Å²) in [6, 6.07) is 12.1. The molecule has 0 radical (unpaired) electrons. The van der Waals surface area contributed by atoms with Crippen LogP contribution in [0.25, 0.3) is 0 Å². The minimum Gasteiger partial charge on any atom is -0.396 e. The average Bonchev–Trinajstić information content (AvgIpc) is 2.59. The highest BCUT2D eigenvalue weighted by Gasteiger charge is 2.16. The number of amides is 1. The number of halogens is 1. The first-order valence-electron chi connectivity index (χ1n) is 8.12. The van der Waals surface area contributed by atoms with Crippen molar-refractivity contribution in [3.63, 3.8) is 0 Å². The molecule has 0 aliphatic rings. The summed E-state index contributed by atoms with van der Waals surface area (Å²) in [7, 11) is 0. The molecule has 24 heavy (non-hydrogen) atoms. The number of carbonyl (C=O) groups excluding carboxylic acids is 1. The van der Waals surface area contributed by atoms with Crippen LogP contribution in [0, 0.1) is 11.7 Å². The van der Waals surface area contributed by atoms with E-state index in [-0.39, 0.29) is 36.6 Å². The fourth-order valence-corrected chi connectivity index (χ4v) is 2.61. The molecule has 2 N–H and O–H groups in total. The number of nitrogens with zero attached hydrogens (tertiary/aromatic N) is 1. The van der Waals surface area contributed by atoms with Crippen LogP contribution in [-0.2, 0) is 11.2 Å². The van der Waals surface area contributed by atoms with Gasteiger partial charge in [0.15, 0.2) is 0 Å². The van der Waals surface area contributed by atoms with E-state index in [1.54, 1.807) is 24.4 Å². The Labute approximate surface area is 141 Å². The van der Waals surface area contributed by atoms with Gasteiger partial charge in [0.25, 0.3) is 0 Å². The van der Waals surface area contributed by atoms with Gasteiger partial charge in [-0.1, -0.05) is 31.2 Å². The lowest BCUT2D eigenvalue weighted by Gasteiger charge is -2.16. The number of aliphatic hydroxyl groups excluding tert-OH is 1. The molecule has 2 unspecified atom stereocenters. The summed E-state index contributed by atoms with van der Waals surface area (Å²) in [6.07, 6.45) is 2.52. The first-order valence-corrected chi connectivity index (χ1v) is 8.12. The Morgan fingerprint density at radius 3 is 2.67 bits per heavy atom. The average molecular weight is 330 g/mol. The molecule has 1 aromatic carbocycles. The number of nitrogens with one attached hydrogen (secondary N) is 1. The number of carbonyl (C=O) groups is 1. The summed E-state index contributed by atoms with van der Waals surface area (Å²) in [5.74, 6) is -0.728. The Morgan fingerprint density at radius 1 is 1.25 bits per heavy atom. The van der Waals surface area contributed by atoms with Gasteiger partial charge in [-0.05, 0) is 36.1 Å². The van der Waals surface area contributed by atoms with E-state index >= 15 is 0 Å². The molecule has 0 bridgehead atoms. The third-order valence-electron chi connectivity index (χ3n) is 4.00. The number of pyridine rings is 1. The molecular weight excluding hydrogens is 307 g/mol. The largest absolute Gasteiger partial charge is 0.396 e. The van der Waals surface area contributed by atoms with Gasteiger partial charge in [-0.2, -0.15) is 0 Å². The third-order valence-corrected chi connectivity index (χ3v) is 4.00. The van der Waals surface area contributed by atoms with Crippen molar-refractivity contribution in [1.82, 2.24) is 10.3 Å². The van der Waals surface area contributed by atoms with Gasteiger partial charge in [0.2, 0.25) is 5.91 Å². The molecule has 0 saturated carbocycles. The number of aromatic nitrogens is 1. The minimum atomic E-state index is -0.291. The molecule has 4 nitrogen and oxygen atoms in total. The zero-order valence-electron chi connectivity index (χ0n) is 13.8. The molecule has 2 aromatic rings. The smallest absolute Gasteiger partial charge is 0.220 e. The van der Waals surface area contributed by atoms with Gasteiger partial charge in [0.05, 0.1) is 0 Å². The van der Waals surface area contributed by atoms with Crippen LogP contribution >= 0.6 is 0 Å². The molecule has 1 heterocycles. The van der Waals surface area contributed by atoms with Crippen LogP contribution in [0.15, 0.2) is 48.7 Å². The SMILES string of the molecule is CC(CC(=O)NCC(CO)Cc1ccccn1)c1ccccc1F. The molecule has 0 fully saturated rings. The van der Waals surface area contributed by atoms with Crippen LogP contribution in [0.3, 0.4) is 0 Å². The highest BCUT2D eigenvalue weighted by atomic mass is 19.1. The lowest BCUT2D eigenvalue weighted by atomic mass is 9.96. The van der Waals surface area contributed by atoms with E-state index in [1.165, 1.54) is 6.07 Å². The lowest BCUT2D eigenvalue weighted by Crippen LogP contribution is -2.32. The Morgan fingerprint density at radius 2 is 2.00 bits per heavy atom. The van der Waals surface area contributed by atoms with E-state index in [0.717, 1.165) is 5.69 Å². The van der Waals surface area contributed by atoms with Gasteiger partial charge in [0.1, 0.15) is 5.82 Å². The first kappa shape index (κ1) is 18.1. The summed E-state index contributed by atoms with van der Waals surface area (Å²) in [4.78, 5) is 16.3. The molecule has 0 aliphatic heterocycles. The lowest BCUT2D eigenvalue weighted by molar-refractivity contribution is -0.121. The molecule has 0 spiro atoms. The van der Waals surface area contributed by atoms with E-state index in [2.05, 4.69) is 10.3 Å². The maximum atomic E-state index is 13.7. The Hall–Kier alpha value is -2.27.